The van der Waals surface area contributed by atoms with Gasteiger partial charge in [-0.1, -0.05) is 13.8 Å². The van der Waals surface area contributed by atoms with Crippen molar-refractivity contribution in [3.05, 3.63) is 11.9 Å². The van der Waals surface area contributed by atoms with Crippen molar-refractivity contribution in [1.82, 2.24) is 9.97 Å². The van der Waals surface area contributed by atoms with Gasteiger partial charge in [0, 0.05) is 31.6 Å². The van der Waals surface area contributed by atoms with E-state index in [2.05, 4.69) is 29.1 Å². The lowest BCUT2D eigenvalue weighted by Gasteiger charge is -2.12. The zero-order valence-electron chi connectivity index (χ0n) is 11.3. The van der Waals surface area contributed by atoms with Crippen LogP contribution in [-0.4, -0.2) is 36.8 Å². The van der Waals surface area contributed by atoms with Gasteiger partial charge in [0.2, 0.25) is 5.88 Å². The van der Waals surface area contributed by atoms with E-state index in [1.54, 1.807) is 0 Å². The molecule has 5 heteroatoms. The monoisotopic (exact) mass is 251 g/mol. The van der Waals surface area contributed by atoms with Crippen LogP contribution in [0.4, 0.5) is 5.82 Å². The molecule has 1 aliphatic rings. The molecular formula is C13H21N3O2. The standard InChI is InChI=1S/C13H21N3O2/c1-9(2)13-15-11(14-3)6-12(16-13)18-8-10-4-5-17-7-10/h6,9-10H,4-5,7-8H2,1-3H3,(H,14,15,16). The fourth-order valence-electron chi connectivity index (χ4n) is 1.82. The molecule has 1 fully saturated rings. The highest BCUT2D eigenvalue weighted by molar-refractivity contribution is 5.38. The van der Waals surface area contributed by atoms with Gasteiger partial charge in [-0.25, -0.2) is 4.98 Å². The molecule has 1 aromatic rings. The third kappa shape index (κ3) is 3.32. The smallest absolute Gasteiger partial charge is 0.218 e. The SMILES string of the molecule is CNc1cc(OCC2CCOC2)nc(C(C)C)n1. The van der Waals surface area contributed by atoms with Crippen LogP contribution < -0.4 is 10.1 Å². The minimum absolute atomic E-state index is 0.287. The number of hydrogen-bond acceptors (Lipinski definition) is 5. The lowest BCUT2D eigenvalue weighted by molar-refractivity contribution is 0.165. The molecular weight excluding hydrogens is 230 g/mol. The van der Waals surface area contributed by atoms with Crippen LogP contribution in [-0.2, 0) is 4.74 Å². The lowest BCUT2D eigenvalue weighted by atomic mass is 10.1. The molecule has 2 heterocycles. The Morgan fingerprint density at radius 3 is 2.94 bits per heavy atom. The van der Waals surface area contributed by atoms with E-state index in [-0.39, 0.29) is 5.92 Å². The van der Waals surface area contributed by atoms with Gasteiger partial charge in [0.1, 0.15) is 11.6 Å². The molecule has 0 spiro atoms. The van der Waals surface area contributed by atoms with Crippen LogP contribution >= 0.6 is 0 Å². The largest absolute Gasteiger partial charge is 0.477 e. The summed E-state index contributed by atoms with van der Waals surface area (Å²) in [5.41, 5.74) is 0. The molecule has 1 aromatic heterocycles. The maximum absolute atomic E-state index is 5.75. The summed E-state index contributed by atoms with van der Waals surface area (Å²) in [6.45, 7) is 6.45. The van der Waals surface area contributed by atoms with E-state index in [4.69, 9.17) is 9.47 Å². The van der Waals surface area contributed by atoms with Crippen LogP contribution in [0.2, 0.25) is 0 Å². The molecule has 1 N–H and O–H groups in total. The Balaban J connectivity index is 2.03. The summed E-state index contributed by atoms with van der Waals surface area (Å²) in [7, 11) is 1.85. The third-order valence-electron chi connectivity index (χ3n) is 2.98. The van der Waals surface area contributed by atoms with Crippen molar-refractivity contribution in [1.29, 1.82) is 0 Å². The Morgan fingerprint density at radius 1 is 1.50 bits per heavy atom. The van der Waals surface area contributed by atoms with Crippen LogP contribution in [0, 0.1) is 5.92 Å². The number of ether oxygens (including phenoxy) is 2. The summed E-state index contributed by atoms with van der Waals surface area (Å²) in [5.74, 6) is 3.02. The average Bonchev–Trinajstić information content (AvgIpc) is 2.89. The molecule has 1 unspecified atom stereocenters. The predicted octanol–water partition coefficient (Wildman–Crippen LogP) is 2.06. The third-order valence-corrected chi connectivity index (χ3v) is 2.98. The normalized spacial score (nSPS) is 19.2. The fraction of sp³-hybridized carbons (Fsp3) is 0.692. The Kier molecular flexibility index (Phi) is 4.36. The molecule has 100 valence electrons. The van der Waals surface area contributed by atoms with Crippen molar-refractivity contribution in [2.24, 2.45) is 5.92 Å². The van der Waals surface area contributed by atoms with Crippen LogP contribution in [0.5, 0.6) is 5.88 Å². The van der Waals surface area contributed by atoms with E-state index < -0.39 is 0 Å². The maximum atomic E-state index is 5.75. The van der Waals surface area contributed by atoms with Gasteiger partial charge in [-0.2, -0.15) is 4.98 Å². The van der Waals surface area contributed by atoms with Gasteiger partial charge < -0.3 is 14.8 Å². The summed E-state index contributed by atoms with van der Waals surface area (Å²) < 4.78 is 11.1. The van der Waals surface area contributed by atoms with Crippen LogP contribution in [0.15, 0.2) is 6.07 Å². The maximum Gasteiger partial charge on any atom is 0.218 e. The number of nitrogens with one attached hydrogen (secondary N) is 1. The van der Waals surface area contributed by atoms with Crippen molar-refractivity contribution in [3.8, 4) is 5.88 Å². The first-order valence-electron chi connectivity index (χ1n) is 6.46. The van der Waals surface area contributed by atoms with E-state index in [1.807, 2.05) is 13.1 Å². The number of hydrogen-bond donors (Lipinski definition) is 1. The molecule has 0 aliphatic carbocycles. The van der Waals surface area contributed by atoms with Gasteiger partial charge in [-0.05, 0) is 6.42 Å². The molecule has 0 bridgehead atoms. The van der Waals surface area contributed by atoms with Crippen molar-refractivity contribution < 1.29 is 9.47 Å². The molecule has 0 radical (unpaired) electrons. The van der Waals surface area contributed by atoms with Crippen LogP contribution in [0.3, 0.4) is 0 Å². The van der Waals surface area contributed by atoms with Gasteiger partial charge in [-0.3, -0.25) is 0 Å². The van der Waals surface area contributed by atoms with Crippen molar-refractivity contribution in [3.63, 3.8) is 0 Å². The molecule has 0 amide bonds. The molecule has 0 saturated carbocycles. The average molecular weight is 251 g/mol. The highest BCUT2D eigenvalue weighted by Crippen LogP contribution is 2.20. The fourth-order valence-corrected chi connectivity index (χ4v) is 1.82. The molecule has 0 aromatic carbocycles. The highest BCUT2D eigenvalue weighted by atomic mass is 16.5. The van der Waals surface area contributed by atoms with Gasteiger partial charge in [0.25, 0.3) is 0 Å². The highest BCUT2D eigenvalue weighted by Gasteiger charge is 2.17. The van der Waals surface area contributed by atoms with Crippen LogP contribution in [0.25, 0.3) is 0 Å². The summed E-state index contributed by atoms with van der Waals surface area (Å²) in [5, 5.41) is 3.03. The van der Waals surface area contributed by atoms with Crippen molar-refractivity contribution in [2.45, 2.75) is 26.2 Å². The first-order chi connectivity index (χ1) is 8.69. The zero-order chi connectivity index (χ0) is 13.0. The molecule has 2 rings (SSSR count). The minimum Gasteiger partial charge on any atom is -0.477 e. The van der Waals surface area contributed by atoms with E-state index in [9.17, 15) is 0 Å². The van der Waals surface area contributed by atoms with Gasteiger partial charge in [-0.15, -0.1) is 0 Å². The molecule has 1 saturated heterocycles. The first kappa shape index (κ1) is 13.1. The Morgan fingerprint density at radius 2 is 2.33 bits per heavy atom. The van der Waals surface area contributed by atoms with Gasteiger partial charge >= 0.3 is 0 Å². The predicted molar refractivity (Wildman–Crippen MR) is 70.1 cm³/mol. The van der Waals surface area contributed by atoms with Gasteiger partial charge in [0.15, 0.2) is 0 Å². The second-order valence-electron chi connectivity index (χ2n) is 4.89. The summed E-state index contributed by atoms with van der Waals surface area (Å²) in [6, 6.07) is 1.84. The van der Waals surface area contributed by atoms with E-state index >= 15 is 0 Å². The van der Waals surface area contributed by atoms with E-state index in [1.165, 1.54) is 0 Å². The quantitative estimate of drug-likeness (QED) is 0.868. The summed E-state index contributed by atoms with van der Waals surface area (Å²) >= 11 is 0. The van der Waals surface area contributed by atoms with Crippen molar-refractivity contribution in [2.75, 3.05) is 32.2 Å². The molecule has 1 atom stereocenters. The molecule has 5 nitrogen and oxygen atoms in total. The molecule has 18 heavy (non-hydrogen) atoms. The van der Waals surface area contributed by atoms with E-state index in [0.29, 0.717) is 18.4 Å². The summed E-state index contributed by atoms with van der Waals surface area (Å²) in [4.78, 5) is 8.83. The minimum atomic E-state index is 0.287. The Labute approximate surface area is 108 Å². The summed E-state index contributed by atoms with van der Waals surface area (Å²) in [6.07, 6.45) is 1.07. The first-order valence-corrected chi connectivity index (χ1v) is 6.46. The number of rotatable bonds is 5. The number of aromatic nitrogens is 2. The number of nitrogens with zero attached hydrogens (tertiary/aromatic N) is 2. The Hall–Kier alpha value is -1.36. The topological polar surface area (TPSA) is 56.3 Å². The lowest BCUT2D eigenvalue weighted by Crippen LogP contribution is -2.13. The molecule has 1 aliphatic heterocycles. The second-order valence-corrected chi connectivity index (χ2v) is 4.89. The van der Waals surface area contributed by atoms with Gasteiger partial charge in [0.05, 0.1) is 13.2 Å². The van der Waals surface area contributed by atoms with Crippen LogP contribution in [0.1, 0.15) is 32.0 Å². The zero-order valence-corrected chi connectivity index (χ0v) is 11.3. The number of anilines is 1. The van der Waals surface area contributed by atoms with Crippen molar-refractivity contribution >= 4 is 5.82 Å². The van der Waals surface area contributed by atoms with E-state index in [0.717, 1.165) is 31.3 Å². The Bertz CT molecular complexity index is 390. The second kappa shape index (κ2) is 6.00.